The van der Waals surface area contributed by atoms with Gasteiger partial charge in [0.15, 0.2) is 11.5 Å². The Kier molecular flexibility index (Phi) is 7.11. The highest BCUT2D eigenvalue weighted by Gasteiger charge is 2.13. The second-order valence-electron chi connectivity index (χ2n) is 6.31. The number of aromatic nitrogens is 4. The number of carbonyl (C=O) groups is 1. The maximum absolute atomic E-state index is 13.9. The number of carbonyl (C=O) groups excluding carboxylic acids is 1. The van der Waals surface area contributed by atoms with Crippen LogP contribution in [0, 0.1) is 5.82 Å². The van der Waals surface area contributed by atoms with Crippen molar-refractivity contribution in [1.82, 2.24) is 24.8 Å². The van der Waals surface area contributed by atoms with Gasteiger partial charge in [-0.3, -0.25) is 0 Å². The summed E-state index contributed by atoms with van der Waals surface area (Å²) in [6.45, 7) is 0.688. The van der Waals surface area contributed by atoms with Gasteiger partial charge in [-0.25, -0.2) is 14.2 Å². The number of aryl methyl sites for hydroxylation is 1. The minimum atomic E-state index is -0.669. The van der Waals surface area contributed by atoms with E-state index in [0.29, 0.717) is 42.3 Å². The molecule has 1 aromatic carbocycles. The number of hydrogen-bond acceptors (Lipinski definition) is 7. The Morgan fingerprint density at radius 2 is 2.03 bits per heavy atom. The molecule has 0 aliphatic rings. The first-order chi connectivity index (χ1) is 14.4. The molecule has 12 heteroatoms. The molecule has 0 aliphatic heterocycles. The lowest BCUT2D eigenvalue weighted by Crippen LogP contribution is -2.25. The van der Waals surface area contributed by atoms with Crippen molar-refractivity contribution in [3.63, 3.8) is 0 Å². The second-order valence-corrected chi connectivity index (χ2v) is 7.13. The molecular weight excluding hydrogens is 436 g/mol. The largest absolute Gasteiger partial charge is 0.450 e. The molecule has 3 rings (SSSR count). The predicted molar refractivity (Wildman–Crippen MR) is 113 cm³/mol. The van der Waals surface area contributed by atoms with E-state index in [1.54, 1.807) is 13.4 Å². The van der Waals surface area contributed by atoms with Crippen molar-refractivity contribution >= 4 is 52.2 Å². The number of anilines is 2. The number of imidazole rings is 1. The number of nitrogen functional groups attached to an aromatic ring is 1. The number of fused-ring (bicyclic) bond motifs is 1. The molecule has 0 atom stereocenters. The lowest BCUT2D eigenvalue weighted by molar-refractivity contribution is 0.143. The Morgan fingerprint density at radius 1 is 1.27 bits per heavy atom. The predicted octanol–water partition coefficient (Wildman–Crippen LogP) is 3.60. The van der Waals surface area contributed by atoms with E-state index in [1.807, 2.05) is 4.57 Å². The number of ether oxygens (including phenoxy) is 1. The Labute approximate surface area is 181 Å². The standard InChI is InChI=1S/C18H20Cl2FN7O2/c1-23-17-26-15(22)14-16(27-17)28(9-25-14)6-2-3-7-30-18(29)24-8-10-11(19)4-5-12(20)13(10)21/h4-5,9H,2-3,6-8H2,1H3,(H,24,29)(H3,22,23,26,27). The van der Waals surface area contributed by atoms with Gasteiger partial charge in [0.25, 0.3) is 0 Å². The first-order valence-electron chi connectivity index (χ1n) is 9.09. The second kappa shape index (κ2) is 9.77. The Bertz CT molecular complexity index is 1060. The summed E-state index contributed by atoms with van der Waals surface area (Å²) in [5.41, 5.74) is 7.16. The molecule has 3 aromatic rings. The average molecular weight is 456 g/mol. The van der Waals surface area contributed by atoms with E-state index in [9.17, 15) is 9.18 Å². The molecule has 4 N–H and O–H groups in total. The zero-order valence-corrected chi connectivity index (χ0v) is 17.6. The third-order valence-electron chi connectivity index (χ3n) is 4.29. The van der Waals surface area contributed by atoms with Crippen LogP contribution in [0.5, 0.6) is 0 Å². The van der Waals surface area contributed by atoms with Crippen molar-refractivity contribution in [2.75, 3.05) is 24.7 Å². The van der Waals surface area contributed by atoms with Gasteiger partial charge in [0.2, 0.25) is 5.95 Å². The number of rotatable bonds is 8. The van der Waals surface area contributed by atoms with Gasteiger partial charge in [0, 0.05) is 24.2 Å². The molecule has 9 nitrogen and oxygen atoms in total. The first-order valence-corrected chi connectivity index (χ1v) is 9.85. The van der Waals surface area contributed by atoms with E-state index < -0.39 is 11.9 Å². The highest BCUT2D eigenvalue weighted by Crippen LogP contribution is 2.25. The molecule has 0 radical (unpaired) electrons. The van der Waals surface area contributed by atoms with Gasteiger partial charge in [-0.1, -0.05) is 23.2 Å². The minimum absolute atomic E-state index is 0.0644. The van der Waals surface area contributed by atoms with Crippen LogP contribution in [0.3, 0.4) is 0 Å². The number of amides is 1. The number of halogens is 3. The molecule has 0 saturated heterocycles. The molecule has 2 aromatic heterocycles. The molecule has 30 heavy (non-hydrogen) atoms. The van der Waals surface area contributed by atoms with Crippen LogP contribution >= 0.6 is 23.2 Å². The summed E-state index contributed by atoms with van der Waals surface area (Å²) in [4.78, 5) is 24.5. The van der Waals surface area contributed by atoms with Gasteiger partial charge in [0.1, 0.15) is 11.3 Å². The van der Waals surface area contributed by atoms with Crippen molar-refractivity contribution in [2.45, 2.75) is 25.9 Å². The van der Waals surface area contributed by atoms with Crippen LogP contribution in [0.1, 0.15) is 18.4 Å². The van der Waals surface area contributed by atoms with Gasteiger partial charge in [-0.05, 0) is 25.0 Å². The molecule has 0 fully saturated rings. The van der Waals surface area contributed by atoms with Crippen LogP contribution in [0.4, 0.5) is 21.0 Å². The third kappa shape index (κ3) is 5.00. The number of nitrogens with one attached hydrogen (secondary N) is 2. The lowest BCUT2D eigenvalue weighted by Gasteiger charge is -2.10. The van der Waals surface area contributed by atoms with E-state index in [2.05, 4.69) is 25.6 Å². The number of hydrogen-bond donors (Lipinski definition) is 3. The SMILES string of the molecule is CNc1nc(N)c2ncn(CCCCOC(=O)NCc3c(Cl)ccc(Cl)c3F)c2n1. The first kappa shape index (κ1) is 21.8. The van der Waals surface area contributed by atoms with E-state index in [-0.39, 0.29) is 28.8 Å². The fourth-order valence-corrected chi connectivity index (χ4v) is 3.12. The maximum atomic E-state index is 13.9. The summed E-state index contributed by atoms with van der Waals surface area (Å²) in [5.74, 6) is 0.0558. The van der Waals surface area contributed by atoms with E-state index in [4.69, 9.17) is 33.7 Å². The molecule has 0 spiro atoms. The molecular formula is C18H20Cl2FN7O2. The average Bonchev–Trinajstić information content (AvgIpc) is 3.14. The van der Waals surface area contributed by atoms with E-state index >= 15 is 0 Å². The van der Waals surface area contributed by atoms with Crippen molar-refractivity contribution in [3.8, 4) is 0 Å². The normalized spacial score (nSPS) is 10.9. The lowest BCUT2D eigenvalue weighted by atomic mass is 10.2. The minimum Gasteiger partial charge on any atom is -0.450 e. The fraction of sp³-hybridized carbons (Fsp3) is 0.333. The molecule has 0 unspecified atom stereocenters. The molecule has 0 aliphatic carbocycles. The van der Waals surface area contributed by atoms with Gasteiger partial charge in [0.05, 0.1) is 24.5 Å². The van der Waals surface area contributed by atoms with Crippen LogP contribution in [0.25, 0.3) is 11.2 Å². The van der Waals surface area contributed by atoms with Gasteiger partial charge in [-0.2, -0.15) is 9.97 Å². The Balaban J connectivity index is 1.44. The summed E-state index contributed by atoms with van der Waals surface area (Å²) in [6.07, 6.45) is 2.30. The Morgan fingerprint density at radius 3 is 2.80 bits per heavy atom. The van der Waals surface area contributed by atoms with Gasteiger partial charge in [-0.15, -0.1) is 0 Å². The van der Waals surface area contributed by atoms with Crippen molar-refractivity contribution in [3.05, 3.63) is 39.9 Å². The van der Waals surface area contributed by atoms with Crippen molar-refractivity contribution in [1.29, 1.82) is 0 Å². The van der Waals surface area contributed by atoms with Gasteiger partial charge >= 0.3 is 6.09 Å². The van der Waals surface area contributed by atoms with Crippen molar-refractivity contribution in [2.24, 2.45) is 0 Å². The van der Waals surface area contributed by atoms with Crippen LogP contribution in [0.2, 0.25) is 10.0 Å². The summed E-state index contributed by atoms with van der Waals surface area (Å²) in [6, 6.07) is 2.82. The molecule has 1 amide bonds. The quantitative estimate of drug-likeness (QED) is 0.350. The summed E-state index contributed by atoms with van der Waals surface area (Å²) < 4.78 is 20.9. The molecule has 2 heterocycles. The smallest absolute Gasteiger partial charge is 0.407 e. The fourth-order valence-electron chi connectivity index (χ4n) is 2.73. The van der Waals surface area contributed by atoms with Crippen molar-refractivity contribution < 1.29 is 13.9 Å². The zero-order valence-electron chi connectivity index (χ0n) is 16.1. The molecule has 0 saturated carbocycles. The number of nitrogens with two attached hydrogens (primary N) is 1. The van der Waals surface area contributed by atoms with E-state index in [1.165, 1.54) is 12.1 Å². The topological polar surface area (TPSA) is 120 Å². The number of alkyl carbamates (subject to hydrolysis) is 1. The number of nitrogens with zero attached hydrogens (tertiary/aromatic N) is 4. The molecule has 0 bridgehead atoms. The number of benzene rings is 1. The monoisotopic (exact) mass is 455 g/mol. The highest BCUT2D eigenvalue weighted by molar-refractivity contribution is 6.33. The summed E-state index contributed by atoms with van der Waals surface area (Å²) >= 11 is 11.7. The maximum Gasteiger partial charge on any atom is 0.407 e. The van der Waals surface area contributed by atoms with Crippen LogP contribution < -0.4 is 16.4 Å². The van der Waals surface area contributed by atoms with Crippen LogP contribution in [-0.2, 0) is 17.8 Å². The summed E-state index contributed by atoms with van der Waals surface area (Å²) in [7, 11) is 1.71. The highest BCUT2D eigenvalue weighted by atomic mass is 35.5. The zero-order chi connectivity index (χ0) is 21.7. The number of unbranched alkanes of at least 4 members (excludes halogenated alkanes) is 1. The Hall–Kier alpha value is -2.85. The van der Waals surface area contributed by atoms with Gasteiger partial charge < -0.3 is 25.7 Å². The summed E-state index contributed by atoms with van der Waals surface area (Å²) in [5, 5.41) is 5.42. The van der Waals surface area contributed by atoms with Crippen LogP contribution in [0.15, 0.2) is 18.5 Å². The van der Waals surface area contributed by atoms with Crippen LogP contribution in [-0.4, -0.2) is 39.3 Å². The van der Waals surface area contributed by atoms with E-state index in [0.717, 1.165) is 0 Å². The molecule has 160 valence electrons. The third-order valence-corrected chi connectivity index (χ3v) is 4.94.